The van der Waals surface area contributed by atoms with Gasteiger partial charge in [-0.25, -0.2) is 0 Å². The van der Waals surface area contributed by atoms with E-state index in [1.165, 1.54) is 0 Å². The van der Waals surface area contributed by atoms with Crippen molar-refractivity contribution in [3.05, 3.63) is 108 Å². The predicted molar refractivity (Wildman–Crippen MR) is 211 cm³/mol. The largest absolute Gasteiger partial charge is 0.334 e. The van der Waals surface area contributed by atoms with E-state index in [1.807, 2.05) is 112 Å². The Kier molecular flexibility index (Phi) is 9.16. The first-order valence-electron chi connectivity index (χ1n) is 19.0. The first kappa shape index (κ1) is 36.1. The number of hydrogen-bond acceptors (Lipinski definition) is 18. The molecule has 0 bridgehead atoms. The van der Waals surface area contributed by atoms with Crippen molar-refractivity contribution in [1.29, 1.82) is 0 Å². The summed E-state index contributed by atoms with van der Waals surface area (Å²) in [6.07, 6.45) is 2.02. The molecule has 6 aromatic heterocycles. The number of benzene rings is 4. The highest BCUT2D eigenvalue weighted by molar-refractivity contribution is 5.76. The minimum atomic E-state index is 0.229. The number of nitrogens with zero attached hydrogens (tertiary/aromatic N) is 12. The van der Waals surface area contributed by atoms with Gasteiger partial charge < -0.3 is 27.1 Å². The van der Waals surface area contributed by atoms with Crippen LogP contribution in [0.25, 0.3) is 103 Å². The second-order valence-electron chi connectivity index (χ2n) is 13.4. The Morgan fingerprint density at radius 1 is 0.283 bits per heavy atom. The van der Waals surface area contributed by atoms with Crippen LogP contribution in [-0.4, -0.2) is 60.8 Å². The van der Waals surface area contributed by atoms with Gasteiger partial charge in [0, 0.05) is 69.3 Å². The molecule has 0 aliphatic heterocycles. The normalized spacial score (nSPS) is 11.4. The highest BCUT2D eigenvalue weighted by atomic mass is 16.5. The molecule has 0 radical (unpaired) electrons. The van der Waals surface area contributed by atoms with E-state index in [9.17, 15) is 0 Å². The summed E-state index contributed by atoms with van der Waals surface area (Å²) < 4.78 is 33.6. The molecule has 0 aliphatic carbocycles. The Balaban J connectivity index is 0.973. The number of aryl methyl sites for hydroxylation is 3. The fourth-order valence-electron chi connectivity index (χ4n) is 6.20. The van der Waals surface area contributed by atoms with Gasteiger partial charge in [0.2, 0.25) is 17.5 Å². The molecule has 18 heteroatoms. The van der Waals surface area contributed by atoms with Crippen LogP contribution in [0.15, 0.2) is 118 Å². The lowest BCUT2D eigenvalue weighted by molar-refractivity contribution is 0.423. The van der Waals surface area contributed by atoms with E-state index in [4.69, 9.17) is 42.1 Å². The topological polar surface area (TPSA) is 234 Å². The fourth-order valence-corrected chi connectivity index (χ4v) is 6.20. The van der Waals surface area contributed by atoms with Gasteiger partial charge in [0.15, 0.2) is 17.5 Å². The molecule has 0 unspecified atom stereocenters. The molecule has 0 spiro atoms. The molecule has 4 aromatic carbocycles. The van der Waals surface area contributed by atoms with Gasteiger partial charge in [0.05, 0.1) is 0 Å². The zero-order valence-corrected chi connectivity index (χ0v) is 32.1. The minimum absolute atomic E-state index is 0.229. The van der Waals surface area contributed by atoms with Crippen LogP contribution in [0.3, 0.4) is 0 Å². The van der Waals surface area contributed by atoms with Crippen molar-refractivity contribution < 1.29 is 27.1 Å². The summed E-state index contributed by atoms with van der Waals surface area (Å²) in [5.41, 5.74) is 6.09. The van der Waals surface area contributed by atoms with E-state index in [0.29, 0.717) is 88.6 Å². The Bertz CT molecular complexity index is 2730. The summed E-state index contributed by atoms with van der Waals surface area (Å²) in [4.78, 5) is 27.4. The number of aromatic nitrogens is 12. The van der Waals surface area contributed by atoms with Crippen molar-refractivity contribution >= 4 is 0 Å². The lowest BCUT2D eigenvalue weighted by atomic mass is 10.0. The van der Waals surface area contributed by atoms with Crippen LogP contribution in [0, 0.1) is 0 Å². The van der Waals surface area contributed by atoms with Gasteiger partial charge in [-0.3, -0.25) is 0 Å². The summed E-state index contributed by atoms with van der Waals surface area (Å²) in [6.45, 7) is 5.89. The third-order valence-electron chi connectivity index (χ3n) is 9.48. The molecule has 0 saturated carbocycles. The van der Waals surface area contributed by atoms with Crippen molar-refractivity contribution in [2.45, 2.75) is 40.0 Å². The molecule has 10 rings (SSSR count). The first-order chi connectivity index (χ1) is 29.5. The molecule has 0 atom stereocenters. The number of hydrogen-bond donors (Lipinski definition) is 0. The fraction of sp³-hybridized carbons (Fsp3) is 0.143. The standard InChI is InChI=1S/C42H30N12O6/c1-4-31-43-37(55-49-31)25-13-7-22(8-14-25)34-46-40(58-52-34)28-19-29(41-47-35(53-59-41)23-9-15-26(16-10-23)38-44-32(5-2)50-56-38)21-30(20-28)42-48-36(54-60-42)24-11-17-27(18-12-24)39-45-33(6-3)51-57-39/h7-21H,4-6H2,1-3H3. The second-order valence-corrected chi connectivity index (χ2v) is 13.4. The SMILES string of the molecule is CCc1noc(-c2ccc(-c3noc(-c4cc(-c5nc(-c6ccc(-c7nc(CC)no7)cc6)no5)cc(-c5nc(-c6ccc(-c7nc(CC)no7)cc6)no5)c4)n3)cc2)n1. The number of rotatable bonds is 12. The zero-order valence-electron chi connectivity index (χ0n) is 32.1. The Morgan fingerprint density at radius 2 is 0.517 bits per heavy atom. The summed E-state index contributed by atoms with van der Waals surface area (Å²) in [6, 6.07) is 27.7. The van der Waals surface area contributed by atoms with Gasteiger partial charge in [0.1, 0.15) is 0 Å². The molecule has 294 valence electrons. The van der Waals surface area contributed by atoms with E-state index >= 15 is 0 Å². The van der Waals surface area contributed by atoms with E-state index in [2.05, 4.69) is 45.9 Å². The van der Waals surface area contributed by atoms with Gasteiger partial charge in [-0.2, -0.15) is 29.9 Å². The van der Waals surface area contributed by atoms with Crippen LogP contribution >= 0.6 is 0 Å². The molecule has 10 aromatic rings. The smallest absolute Gasteiger partial charge is 0.258 e. The van der Waals surface area contributed by atoms with Crippen molar-refractivity contribution in [2.75, 3.05) is 0 Å². The molecular weight excluding hydrogens is 769 g/mol. The average molecular weight is 799 g/mol. The maximum Gasteiger partial charge on any atom is 0.258 e. The highest BCUT2D eigenvalue weighted by Gasteiger charge is 2.21. The molecule has 6 heterocycles. The summed E-state index contributed by atoms with van der Waals surface area (Å²) in [5.74, 6) is 4.99. The van der Waals surface area contributed by atoms with E-state index in [0.717, 1.165) is 33.4 Å². The van der Waals surface area contributed by atoms with Gasteiger partial charge in [-0.1, -0.05) is 88.1 Å². The van der Waals surface area contributed by atoms with Crippen LogP contribution in [0.5, 0.6) is 0 Å². The van der Waals surface area contributed by atoms with Gasteiger partial charge in [0.25, 0.3) is 35.3 Å². The van der Waals surface area contributed by atoms with Crippen LogP contribution in [0.4, 0.5) is 0 Å². The van der Waals surface area contributed by atoms with Crippen LogP contribution in [-0.2, 0) is 19.3 Å². The minimum Gasteiger partial charge on any atom is -0.334 e. The van der Waals surface area contributed by atoms with E-state index in [-0.39, 0.29) is 17.7 Å². The molecule has 0 amide bonds. The van der Waals surface area contributed by atoms with Crippen molar-refractivity contribution in [1.82, 2.24) is 60.8 Å². The summed E-state index contributed by atoms with van der Waals surface area (Å²) in [7, 11) is 0. The third-order valence-corrected chi connectivity index (χ3v) is 9.48. The monoisotopic (exact) mass is 798 g/mol. The van der Waals surface area contributed by atoms with Crippen molar-refractivity contribution in [3.63, 3.8) is 0 Å². The molecule has 0 N–H and O–H groups in total. The predicted octanol–water partition coefficient (Wildman–Crippen LogP) is 8.67. The molecule has 0 aliphatic rings. The third kappa shape index (κ3) is 7.01. The maximum atomic E-state index is 5.81. The Morgan fingerprint density at radius 3 is 0.767 bits per heavy atom. The lowest BCUT2D eigenvalue weighted by Crippen LogP contribution is -1.88. The van der Waals surface area contributed by atoms with E-state index in [1.54, 1.807) is 0 Å². The van der Waals surface area contributed by atoms with Crippen molar-refractivity contribution in [2.24, 2.45) is 0 Å². The van der Waals surface area contributed by atoms with Crippen molar-refractivity contribution in [3.8, 4) is 103 Å². The van der Waals surface area contributed by atoms with Crippen LogP contribution < -0.4 is 0 Å². The molecule has 60 heavy (non-hydrogen) atoms. The quantitative estimate of drug-likeness (QED) is 0.112. The Labute approximate surface area is 338 Å². The van der Waals surface area contributed by atoms with Gasteiger partial charge >= 0.3 is 0 Å². The van der Waals surface area contributed by atoms with Gasteiger partial charge in [-0.15, -0.1) is 0 Å². The molecular formula is C42H30N12O6. The van der Waals surface area contributed by atoms with Crippen LogP contribution in [0.2, 0.25) is 0 Å². The summed E-state index contributed by atoms with van der Waals surface area (Å²) >= 11 is 0. The van der Waals surface area contributed by atoms with E-state index < -0.39 is 0 Å². The van der Waals surface area contributed by atoms with Gasteiger partial charge in [-0.05, 0) is 54.6 Å². The maximum absolute atomic E-state index is 5.81. The lowest BCUT2D eigenvalue weighted by Gasteiger charge is -2.02. The average Bonchev–Trinajstić information content (AvgIpc) is 4.17. The molecule has 18 nitrogen and oxygen atoms in total. The zero-order chi connectivity index (χ0) is 40.6. The molecule has 0 saturated heterocycles. The first-order valence-corrected chi connectivity index (χ1v) is 19.0. The highest BCUT2D eigenvalue weighted by Crippen LogP contribution is 2.35. The summed E-state index contributed by atoms with van der Waals surface area (Å²) in [5, 5.41) is 24.8. The Hall–Kier alpha value is -8.28. The second kappa shape index (κ2) is 15.2. The van der Waals surface area contributed by atoms with Crippen LogP contribution in [0.1, 0.15) is 38.2 Å². The molecule has 0 fully saturated rings.